The predicted octanol–water partition coefficient (Wildman–Crippen LogP) is 2.99. The Hall–Kier alpha value is -1.36. The SMILES string of the molecule is C/C=C(\CNCc1cccnc1C)C(F)(F)F. The number of nitrogens with zero attached hydrogens (tertiary/aromatic N) is 1. The molecule has 0 aliphatic heterocycles. The van der Waals surface area contributed by atoms with Crippen LogP contribution in [0.15, 0.2) is 30.0 Å². The van der Waals surface area contributed by atoms with Crippen molar-refractivity contribution >= 4 is 0 Å². The summed E-state index contributed by atoms with van der Waals surface area (Å²) in [6, 6.07) is 3.61. The van der Waals surface area contributed by atoms with E-state index in [2.05, 4.69) is 10.3 Å². The Morgan fingerprint density at radius 1 is 1.47 bits per heavy atom. The molecular formula is C12H15F3N2. The summed E-state index contributed by atoms with van der Waals surface area (Å²) in [5.41, 5.74) is 1.18. The maximum atomic E-state index is 12.4. The summed E-state index contributed by atoms with van der Waals surface area (Å²) in [6.07, 6.45) is -1.51. The van der Waals surface area contributed by atoms with Gasteiger partial charge < -0.3 is 5.32 Å². The maximum Gasteiger partial charge on any atom is 0.413 e. The molecule has 0 fully saturated rings. The average Bonchev–Trinajstić information content (AvgIpc) is 2.25. The second-order valence-electron chi connectivity index (χ2n) is 3.66. The molecule has 94 valence electrons. The molecule has 0 unspecified atom stereocenters. The molecule has 0 bridgehead atoms. The highest BCUT2D eigenvalue weighted by atomic mass is 19.4. The number of hydrogen-bond donors (Lipinski definition) is 1. The summed E-state index contributed by atoms with van der Waals surface area (Å²) in [7, 11) is 0. The second-order valence-corrected chi connectivity index (χ2v) is 3.66. The van der Waals surface area contributed by atoms with E-state index in [1.54, 1.807) is 12.3 Å². The number of allylic oxidation sites excluding steroid dienone is 1. The molecular weight excluding hydrogens is 229 g/mol. The number of hydrogen-bond acceptors (Lipinski definition) is 2. The molecule has 1 N–H and O–H groups in total. The topological polar surface area (TPSA) is 24.9 Å². The molecule has 0 radical (unpaired) electrons. The monoisotopic (exact) mass is 244 g/mol. The first-order valence-electron chi connectivity index (χ1n) is 5.28. The number of aryl methyl sites for hydroxylation is 1. The summed E-state index contributed by atoms with van der Waals surface area (Å²) >= 11 is 0. The van der Waals surface area contributed by atoms with E-state index < -0.39 is 11.7 Å². The summed E-state index contributed by atoms with van der Waals surface area (Å²) in [5, 5.41) is 2.77. The van der Waals surface area contributed by atoms with Gasteiger partial charge in [-0.3, -0.25) is 4.98 Å². The Balaban J connectivity index is 2.51. The van der Waals surface area contributed by atoms with E-state index >= 15 is 0 Å². The lowest BCUT2D eigenvalue weighted by Gasteiger charge is -2.12. The van der Waals surface area contributed by atoms with Crippen molar-refractivity contribution in [3.05, 3.63) is 41.2 Å². The van der Waals surface area contributed by atoms with Crippen molar-refractivity contribution in [1.29, 1.82) is 0 Å². The van der Waals surface area contributed by atoms with Crippen LogP contribution in [0.25, 0.3) is 0 Å². The van der Waals surface area contributed by atoms with Crippen molar-refractivity contribution in [3.63, 3.8) is 0 Å². The Morgan fingerprint density at radius 2 is 2.18 bits per heavy atom. The third kappa shape index (κ3) is 4.19. The van der Waals surface area contributed by atoms with Gasteiger partial charge in [-0.25, -0.2) is 0 Å². The Kier molecular flexibility index (Phi) is 4.69. The highest BCUT2D eigenvalue weighted by Gasteiger charge is 2.32. The first-order valence-corrected chi connectivity index (χ1v) is 5.28. The Labute approximate surface area is 98.6 Å². The minimum absolute atomic E-state index is 0.186. The van der Waals surface area contributed by atoms with E-state index in [0.29, 0.717) is 6.54 Å². The first kappa shape index (κ1) is 13.7. The maximum absolute atomic E-state index is 12.4. The molecule has 0 aliphatic carbocycles. The predicted molar refractivity (Wildman–Crippen MR) is 60.5 cm³/mol. The van der Waals surface area contributed by atoms with Crippen molar-refractivity contribution < 1.29 is 13.2 Å². The van der Waals surface area contributed by atoms with E-state index in [9.17, 15) is 13.2 Å². The van der Waals surface area contributed by atoms with Gasteiger partial charge in [0.15, 0.2) is 0 Å². The van der Waals surface area contributed by atoms with Crippen LogP contribution in [0, 0.1) is 6.92 Å². The summed E-state index contributed by atoms with van der Waals surface area (Å²) in [5.74, 6) is 0. The van der Waals surface area contributed by atoms with Gasteiger partial charge in [0.05, 0.1) is 0 Å². The molecule has 1 rings (SSSR count). The van der Waals surface area contributed by atoms with Gasteiger partial charge in [0.1, 0.15) is 0 Å². The lowest BCUT2D eigenvalue weighted by atomic mass is 10.2. The fourth-order valence-corrected chi connectivity index (χ4v) is 1.40. The van der Waals surface area contributed by atoms with E-state index in [4.69, 9.17) is 0 Å². The largest absolute Gasteiger partial charge is 0.413 e. The van der Waals surface area contributed by atoms with E-state index in [-0.39, 0.29) is 6.54 Å². The molecule has 2 nitrogen and oxygen atoms in total. The molecule has 0 aliphatic rings. The van der Waals surface area contributed by atoms with Crippen molar-refractivity contribution in [1.82, 2.24) is 10.3 Å². The summed E-state index contributed by atoms with van der Waals surface area (Å²) in [6.45, 7) is 3.42. The van der Waals surface area contributed by atoms with E-state index in [0.717, 1.165) is 17.3 Å². The van der Waals surface area contributed by atoms with Gasteiger partial charge in [-0.05, 0) is 25.5 Å². The van der Waals surface area contributed by atoms with Crippen molar-refractivity contribution in [3.8, 4) is 0 Å². The third-order valence-corrected chi connectivity index (χ3v) is 2.46. The zero-order valence-electron chi connectivity index (χ0n) is 9.80. The van der Waals surface area contributed by atoms with E-state index in [1.807, 2.05) is 13.0 Å². The van der Waals surface area contributed by atoms with Gasteiger partial charge in [-0.15, -0.1) is 0 Å². The lowest BCUT2D eigenvalue weighted by Crippen LogP contribution is -2.25. The first-order chi connectivity index (χ1) is 7.95. The Morgan fingerprint density at radius 3 is 2.71 bits per heavy atom. The number of halogens is 3. The van der Waals surface area contributed by atoms with Crippen LogP contribution in [-0.4, -0.2) is 17.7 Å². The molecule has 0 amide bonds. The standard InChI is InChI=1S/C12H15F3N2/c1-3-11(12(13,14)15)8-16-7-10-5-4-6-17-9(10)2/h3-6,16H,7-8H2,1-2H3/b11-3+. The normalized spacial score (nSPS) is 12.9. The molecule has 0 saturated heterocycles. The number of aromatic nitrogens is 1. The van der Waals surface area contributed by atoms with Gasteiger partial charge >= 0.3 is 6.18 Å². The Bertz CT molecular complexity index is 397. The van der Waals surface area contributed by atoms with Gasteiger partial charge in [-0.1, -0.05) is 12.1 Å². The van der Waals surface area contributed by atoms with Gasteiger partial charge in [0, 0.05) is 30.6 Å². The number of rotatable bonds is 4. The molecule has 0 spiro atoms. The van der Waals surface area contributed by atoms with Crippen LogP contribution in [0.2, 0.25) is 0 Å². The fourth-order valence-electron chi connectivity index (χ4n) is 1.40. The lowest BCUT2D eigenvalue weighted by molar-refractivity contribution is -0.0930. The molecule has 0 saturated carbocycles. The summed E-state index contributed by atoms with van der Waals surface area (Å²) in [4.78, 5) is 4.07. The van der Waals surface area contributed by atoms with Crippen molar-refractivity contribution in [2.24, 2.45) is 0 Å². The molecule has 1 aromatic rings. The zero-order valence-corrected chi connectivity index (χ0v) is 9.80. The van der Waals surface area contributed by atoms with Crippen LogP contribution in [0.3, 0.4) is 0 Å². The molecule has 1 heterocycles. The van der Waals surface area contributed by atoms with Crippen molar-refractivity contribution in [2.75, 3.05) is 6.54 Å². The van der Waals surface area contributed by atoms with Gasteiger partial charge in [0.2, 0.25) is 0 Å². The fraction of sp³-hybridized carbons (Fsp3) is 0.417. The molecule has 0 atom stereocenters. The molecule has 0 aromatic carbocycles. The zero-order chi connectivity index (χ0) is 12.9. The second kappa shape index (κ2) is 5.82. The van der Waals surface area contributed by atoms with Crippen LogP contribution in [0.4, 0.5) is 13.2 Å². The van der Waals surface area contributed by atoms with Crippen molar-refractivity contribution in [2.45, 2.75) is 26.6 Å². The highest BCUT2D eigenvalue weighted by Crippen LogP contribution is 2.24. The van der Waals surface area contributed by atoms with Gasteiger partial charge in [-0.2, -0.15) is 13.2 Å². The number of pyridine rings is 1. The van der Waals surface area contributed by atoms with Crippen LogP contribution in [0.1, 0.15) is 18.2 Å². The summed E-state index contributed by atoms with van der Waals surface area (Å²) < 4.78 is 37.2. The van der Waals surface area contributed by atoms with Crippen LogP contribution in [-0.2, 0) is 6.54 Å². The quantitative estimate of drug-likeness (QED) is 0.823. The van der Waals surface area contributed by atoms with E-state index in [1.165, 1.54) is 6.92 Å². The molecule has 1 aromatic heterocycles. The minimum atomic E-state index is -4.26. The number of nitrogens with one attached hydrogen (secondary N) is 1. The smallest absolute Gasteiger partial charge is 0.309 e. The minimum Gasteiger partial charge on any atom is -0.309 e. The van der Waals surface area contributed by atoms with Crippen LogP contribution in [0.5, 0.6) is 0 Å². The molecule has 5 heteroatoms. The third-order valence-electron chi connectivity index (χ3n) is 2.46. The van der Waals surface area contributed by atoms with Gasteiger partial charge in [0.25, 0.3) is 0 Å². The van der Waals surface area contributed by atoms with Crippen LogP contribution < -0.4 is 5.32 Å². The highest BCUT2D eigenvalue weighted by molar-refractivity contribution is 5.18. The molecule has 17 heavy (non-hydrogen) atoms. The van der Waals surface area contributed by atoms with Crippen LogP contribution >= 0.6 is 0 Å². The number of alkyl halides is 3. The average molecular weight is 244 g/mol.